The SMILES string of the molecule is Cc1cccc(N2CCN(Cn3c(O)c(N=NC(=S)Nc4cccc(Cl)c4C)c4ccccc43)CC2C)c1. The second kappa shape index (κ2) is 11.1. The van der Waals surface area contributed by atoms with Gasteiger partial charge in [-0.15, -0.1) is 10.2 Å². The van der Waals surface area contributed by atoms with Crippen molar-refractivity contribution in [3.8, 4) is 5.88 Å². The average molecular weight is 547 g/mol. The number of para-hydroxylation sites is 1. The molecule has 0 amide bonds. The molecule has 1 unspecified atom stereocenters. The van der Waals surface area contributed by atoms with Crippen LogP contribution in [0.3, 0.4) is 0 Å². The lowest BCUT2D eigenvalue weighted by atomic mass is 10.1. The van der Waals surface area contributed by atoms with E-state index in [1.54, 1.807) is 0 Å². The standard InChI is InChI=1S/C29H31ClN6OS/c1-19-8-6-9-22(16-19)35-15-14-34(17-20(35)2)18-36-26-13-5-4-10-23(26)27(28(36)37)32-33-29(38)31-25-12-7-11-24(30)21(25)3/h4-13,16,20,37H,14-15,17-18H2,1-3H3,(H,31,38). The maximum absolute atomic E-state index is 11.2. The summed E-state index contributed by atoms with van der Waals surface area (Å²) < 4.78 is 1.90. The smallest absolute Gasteiger partial charge is 0.221 e. The summed E-state index contributed by atoms with van der Waals surface area (Å²) in [6.45, 7) is 9.51. The van der Waals surface area contributed by atoms with Crippen molar-refractivity contribution in [2.45, 2.75) is 33.5 Å². The lowest BCUT2D eigenvalue weighted by Crippen LogP contribution is -2.52. The van der Waals surface area contributed by atoms with Crippen LogP contribution in [0.2, 0.25) is 5.02 Å². The Hall–Kier alpha value is -3.46. The molecule has 1 saturated heterocycles. The van der Waals surface area contributed by atoms with E-state index in [1.165, 1.54) is 11.3 Å². The number of aryl methyl sites for hydroxylation is 1. The molecule has 9 heteroatoms. The third kappa shape index (κ3) is 5.38. The molecule has 1 aliphatic heterocycles. The van der Waals surface area contributed by atoms with E-state index < -0.39 is 0 Å². The Labute approximate surface area is 233 Å². The number of aromatic nitrogens is 1. The fraction of sp³-hybridized carbons (Fsp3) is 0.276. The number of piperazine rings is 1. The molecule has 0 spiro atoms. The molecule has 1 atom stereocenters. The van der Waals surface area contributed by atoms with E-state index in [1.807, 2.05) is 54.0 Å². The largest absolute Gasteiger partial charge is 0.493 e. The number of aromatic hydroxyl groups is 1. The van der Waals surface area contributed by atoms with Gasteiger partial charge >= 0.3 is 0 Å². The first-order valence-corrected chi connectivity index (χ1v) is 13.4. The molecule has 0 bridgehead atoms. The average Bonchev–Trinajstić information content (AvgIpc) is 3.16. The first-order chi connectivity index (χ1) is 18.3. The zero-order valence-corrected chi connectivity index (χ0v) is 23.3. The van der Waals surface area contributed by atoms with E-state index in [9.17, 15) is 5.11 Å². The Morgan fingerprint density at radius 2 is 1.87 bits per heavy atom. The highest BCUT2D eigenvalue weighted by Crippen LogP contribution is 2.39. The van der Waals surface area contributed by atoms with Gasteiger partial charge in [0.25, 0.3) is 0 Å². The summed E-state index contributed by atoms with van der Waals surface area (Å²) in [7, 11) is 0. The molecule has 1 aromatic heterocycles. The maximum Gasteiger partial charge on any atom is 0.221 e. The molecular weight excluding hydrogens is 516 g/mol. The van der Waals surface area contributed by atoms with Gasteiger partial charge in [0.1, 0.15) is 0 Å². The molecule has 38 heavy (non-hydrogen) atoms. The van der Waals surface area contributed by atoms with Gasteiger partial charge in [-0.3, -0.25) is 9.47 Å². The normalized spacial score (nSPS) is 16.4. The van der Waals surface area contributed by atoms with E-state index in [2.05, 4.69) is 63.5 Å². The number of nitrogens with one attached hydrogen (secondary N) is 1. The number of nitrogens with zero attached hydrogens (tertiary/aromatic N) is 5. The molecule has 0 aliphatic carbocycles. The minimum Gasteiger partial charge on any atom is -0.493 e. The molecule has 4 aromatic rings. The number of benzene rings is 3. The van der Waals surface area contributed by atoms with Crippen molar-refractivity contribution in [3.05, 3.63) is 82.9 Å². The fourth-order valence-corrected chi connectivity index (χ4v) is 5.37. The molecule has 2 heterocycles. The predicted octanol–water partition coefficient (Wildman–Crippen LogP) is 7.27. The lowest BCUT2D eigenvalue weighted by molar-refractivity contribution is 0.179. The van der Waals surface area contributed by atoms with Crippen LogP contribution in [0.25, 0.3) is 10.9 Å². The van der Waals surface area contributed by atoms with E-state index >= 15 is 0 Å². The summed E-state index contributed by atoms with van der Waals surface area (Å²) in [4.78, 5) is 4.81. The van der Waals surface area contributed by atoms with Crippen molar-refractivity contribution in [2.24, 2.45) is 10.2 Å². The maximum atomic E-state index is 11.2. The number of hydrogen-bond acceptors (Lipinski definition) is 5. The summed E-state index contributed by atoms with van der Waals surface area (Å²) >= 11 is 11.6. The van der Waals surface area contributed by atoms with Crippen LogP contribution in [-0.2, 0) is 6.67 Å². The van der Waals surface area contributed by atoms with E-state index in [4.69, 9.17) is 23.8 Å². The Bertz CT molecular complexity index is 1520. The summed E-state index contributed by atoms with van der Waals surface area (Å²) in [5, 5.41) is 24.5. The van der Waals surface area contributed by atoms with E-state index in [0.717, 1.165) is 41.8 Å². The highest BCUT2D eigenvalue weighted by molar-refractivity contribution is 7.80. The summed E-state index contributed by atoms with van der Waals surface area (Å²) in [6, 6.07) is 22.4. The minimum absolute atomic E-state index is 0.0745. The molecule has 0 saturated carbocycles. The number of anilines is 2. The van der Waals surface area contributed by atoms with Gasteiger partial charge in [0.15, 0.2) is 5.69 Å². The number of rotatable bonds is 5. The molecule has 0 radical (unpaired) electrons. The van der Waals surface area contributed by atoms with Gasteiger partial charge in [-0.1, -0.05) is 48.0 Å². The quantitative estimate of drug-likeness (QED) is 0.203. The zero-order chi connectivity index (χ0) is 26.8. The number of azo groups is 1. The zero-order valence-electron chi connectivity index (χ0n) is 21.7. The second-order valence-electron chi connectivity index (χ2n) is 9.76. The number of fused-ring (bicyclic) bond motifs is 1. The topological polar surface area (TPSA) is 68.4 Å². The van der Waals surface area contributed by atoms with Crippen molar-refractivity contribution < 1.29 is 5.11 Å². The van der Waals surface area contributed by atoms with Crippen LogP contribution in [0.4, 0.5) is 17.1 Å². The first kappa shape index (κ1) is 26.2. The summed E-state index contributed by atoms with van der Waals surface area (Å²) in [5.74, 6) is 0.0745. The van der Waals surface area contributed by atoms with E-state index in [-0.39, 0.29) is 11.0 Å². The lowest BCUT2D eigenvalue weighted by Gasteiger charge is -2.41. The van der Waals surface area contributed by atoms with Gasteiger partial charge in [0.2, 0.25) is 11.0 Å². The van der Waals surface area contributed by atoms with Gasteiger partial charge < -0.3 is 15.3 Å². The van der Waals surface area contributed by atoms with Gasteiger partial charge in [0, 0.05) is 47.5 Å². The summed E-state index contributed by atoms with van der Waals surface area (Å²) in [6.07, 6.45) is 0. The Morgan fingerprint density at radius 3 is 2.66 bits per heavy atom. The summed E-state index contributed by atoms with van der Waals surface area (Å²) in [5.41, 5.74) is 5.47. The third-order valence-corrected chi connectivity index (χ3v) is 7.65. The Morgan fingerprint density at radius 1 is 1.08 bits per heavy atom. The van der Waals surface area contributed by atoms with Crippen LogP contribution in [0, 0.1) is 13.8 Å². The van der Waals surface area contributed by atoms with Crippen LogP contribution >= 0.6 is 23.8 Å². The van der Waals surface area contributed by atoms with Crippen molar-refractivity contribution in [1.29, 1.82) is 0 Å². The van der Waals surface area contributed by atoms with Crippen LogP contribution in [0.1, 0.15) is 18.1 Å². The number of hydrogen-bond donors (Lipinski definition) is 2. The molecule has 3 aromatic carbocycles. The Balaban J connectivity index is 1.34. The van der Waals surface area contributed by atoms with Crippen molar-refractivity contribution in [1.82, 2.24) is 9.47 Å². The van der Waals surface area contributed by atoms with Crippen molar-refractivity contribution in [3.63, 3.8) is 0 Å². The highest BCUT2D eigenvalue weighted by Gasteiger charge is 2.26. The van der Waals surface area contributed by atoms with Crippen LogP contribution < -0.4 is 10.2 Å². The van der Waals surface area contributed by atoms with Crippen LogP contribution in [0.15, 0.2) is 77.0 Å². The van der Waals surface area contributed by atoms with Crippen LogP contribution in [0.5, 0.6) is 5.88 Å². The van der Waals surface area contributed by atoms with Crippen molar-refractivity contribution >= 4 is 56.9 Å². The minimum atomic E-state index is 0.0745. The molecule has 5 rings (SSSR count). The fourth-order valence-electron chi connectivity index (χ4n) is 5.04. The molecule has 7 nitrogen and oxygen atoms in total. The molecule has 2 N–H and O–H groups in total. The third-order valence-electron chi connectivity index (χ3n) is 7.05. The van der Waals surface area contributed by atoms with Crippen LogP contribution in [-0.4, -0.2) is 45.4 Å². The highest BCUT2D eigenvalue weighted by atomic mass is 35.5. The predicted molar refractivity (Wildman–Crippen MR) is 160 cm³/mol. The van der Waals surface area contributed by atoms with Gasteiger partial charge in [-0.25, -0.2) is 0 Å². The van der Waals surface area contributed by atoms with Gasteiger partial charge in [-0.2, -0.15) is 0 Å². The molecule has 196 valence electrons. The first-order valence-electron chi connectivity index (χ1n) is 12.7. The molecule has 1 fully saturated rings. The monoisotopic (exact) mass is 546 g/mol. The van der Waals surface area contributed by atoms with E-state index in [0.29, 0.717) is 23.4 Å². The number of halogens is 1. The van der Waals surface area contributed by atoms with Crippen molar-refractivity contribution in [2.75, 3.05) is 29.9 Å². The van der Waals surface area contributed by atoms with Gasteiger partial charge in [0.05, 0.1) is 12.2 Å². The second-order valence-corrected chi connectivity index (χ2v) is 10.6. The molecule has 1 aliphatic rings. The number of thiocarbonyl (C=S) groups is 1. The molecular formula is C29H31ClN6OS. The van der Waals surface area contributed by atoms with Gasteiger partial charge in [-0.05, 0) is 74.4 Å². The Kier molecular flexibility index (Phi) is 7.65.